The number of nitrogens with one attached hydrogen (secondary N) is 1. The van der Waals surface area contributed by atoms with Gasteiger partial charge in [-0.15, -0.1) is 0 Å². The lowest BCUT2D eigenvalue weighted by Gasteiger charge is -2.53. The van der Waals surface area contributed by atoms with Crippen LogP contribution in [0.25, 0.3) is 0 Å². The van der Waals surface area contributed by atoms with Gasteiger partial charge in [-0.25, -0.2) is 0 Å². The summed E-state index contributed by atoms with van der Waals surface area (Å²) in [5.74, 6) is 2.01. The van der Waals surface area contributed by atoms with Gasteiger partial charge in [0.25, 0.3) is 0 Å². The van der Waals surface area contributed by atoms with E-state index in [-0.39, 0.29) is 28.9 Å². The van der Waals surface area contributed by atoms with Crippen molar-refractivity contribution in [2.75, 3.05) is 27.4 Å². The summed E-state index contributed by atoms with van der Waals surface area (Å²) >= 11 is 0. The van der Waals surface area contributed by atoms with E-state index in [0.717, 1.165) is 30.8 Å². The molecular weight excluding hydrogens is 366 g/mol. The van der Waals surface area contributed by atoms with Crippen LogP contribution in [0.3, 0.4) is 0 Å². The van der Waals surface area contributed by atoms with E-state index in [2.05, 4.69) is 44.3 Å². The smallest absolute Gasteiger partial charge is 0.222 e. The van der Waals surface area contributed by atoms with Crippen molar-refractivity contribution in [3.8, 4) is 5.75 Å². The van der Waals surface area contributed by atoms with Gasteiger partial charge < -0.3 is 19.5 Å². The summed E-state index contributed by atoms with van der Waals surface area (Å²) in [4.78, 5) is 12.6. The van der Waals surface area contributed by atoms with Gasteiger partial charge in [0.15, 0.2) is 0 Å². The Morgan fingerprint density at radius 2 is 2.10 bits per heavy atom. The van der Waals surface area contributed by atoms with Crippen LogP contribution in [0.1, 0.15) is 56.8 Å². The van der Waals surface area contributed by atoms with Crippen molar-refractivity contribution in [1.29, 1.82) is 0 Å². The number of carbonyl (C=O) groups excluding carboxylic acids is 1. The zero-order valence-corrected chi connectivity index (χ0v) is 18.4. The van der Waals surface area contributed by atoms with Gasteiger partial charge in [-0.2, -0.15) is 0 Å². The first-order valence-electron chi connectivity index (χ1n) is 10.9. The average molecular weight is 402 g/mol. The molecule has 5 atom stereocenters. The van der Waals surface area contributed by atoms with E-state index in [4.69, 9.17) is 14.2 Å². The Bertz CT molecular complexity index is 776. The second kappa shape index (κ2) is 7.59. The number of fused-ring (bicyclic) bond motifs is 1. The maximum absolute atomic E-state index is 12.6. The van der Waals surface area contributed by atoms with Crippen LogP contribution in [-0.4, -0.2) is 39.4 Å². The van der Waals surface area contributed by atoms with Gasteiger partial charge in [0, 0.05) is 31.7 Å². The van der Waals surface area contributed by atoms with Crippen molar-refractivity contribution in [2.45, 2.75) is 58.6 Å². The number of rotatable bonds is 6. The Kier molecular flexibility index (Phi) is 5.41. The predicted molar refractivity (Wildman–Crippen MR) is 112 cm³/mol. The number of aryl methyl sites for hydroxylation is 1. The third kappa shape index (κ3) is 3.27. The third-order valence-electron chi connectivity index (χ3n) is 8.04. The minimum absolute atomic E-state index is 0.0266. The lowest BCUT2D eigenvalue weighted by atomic mass is 9.58. The number of hydrogen-bond donors (Lipinski definition) is 1. The fourth-order valence-electron chi connectivity index (χ4n) is 6.58. The maximum Gasteiger partial charge on any atom is 0.222 e. The molecule has 1 aliphatic heterocycles. The van der Waals surface area contributed by atoms with Crippen molar-refractivity contribution in [2.24, 2.45) is 22.7 Å². The lowest BCUT2D eigenvalue weighted by molar-refractivity contribution is -0.138. The van der Waals surface area contributed by atoms with E-state index >= 15 is 0 Å². The van der Waals surface area contributed by atoms with Gasteiger partial charge in [-0.05, 0) is 60.5 Å². The van der Waals surface area contributed by atoms with Gasteiger partial charge in [0.2, 0.25) is 5.91 Å². The molecule has 2 aliphatic carbocycles. The van der Waals surface area contributed by atoms with E-state index in [9.17, 15) is 4.79 Å². The van der Waals surface area contributed by atoms with Gasteiger partial charge in [-0.1, -0.05) is 26.0 Å². The Morgan fingerprint density at radius 3 is 2.83 bits per heavy atom. The first-order chi connectivity index (χ1) is 13.8. The molecule has 4 rings (SSSR count). The predicted octanol–water partition coefficient (Wildman–Crippen LogP) is 4.04. The zero-order valence-electron chi connectivity index (χ0n) is 18.4. The monoisotopic (exact) mass is 401 g/mol. The molecule has 5 nitrogen and oxygen atoms in total. The molecule has 5 heteroatoms. The van der Waals surface area contributed by atoms with Crippen molar-refractivity contribution in [1.82, 2.24) is 5.32 Å². The molecule has 3 aliphatic rings. The van der Waals surface area contributed by atoms with Crippen LogP contribution in [0.2, 0.25) is 0 Å². The van der Waals surface area contributed by atoms with Crippen LogP contribution in [0.5, 0.6) is 5.75 Å². The molecule has 0 radical (unpaired) electrons. The van der Waals surface area contributed by atoms with Gasteiger partial charge in [0.1, 0.15) is 5.75 Å². The van der Waals surface area contributed by atoms with E-state index in [1.54, 1.807) is 14.2 Å². The topological polar surface area (TPSA) is 56.8 Å². The Hall–Kier alpha value is -1.59. The largest absolute Gasteiger partial charge is 0.496 e. The molecule has 29 heavy (non-hydrogen) atoms. The van der Waals surface area contributed by atoms with Crippen LogP contribution in [0.15, 0.2) is 18.2 Å². The maximum atomic E-state index is 12.6. The summed E-state index contributed by atoms with van der Waals surface area (Å²) in [6.07, 6.45) is 3.78. The van der Waals surface area contributed by atoms with Gasteiger partial charge >= 0.3 is 0 Å². The molecule has 1 amide bonds. The highest BCUT2D eigenvalue weighted by molar-refractivity contribution is 5.76. The molecule has 1 saturated heterocycles. The number of methoxy groups -OCH3 is 2. The summed E-state index contributed by atoms with van der Waals surface area (Å²) < 4.78 is 17.2. The van der Waals surface area contributed by atoms with E-state index in [1.807, 2.05) is 0 Å². The summed E-state index contributed by atoms with van der Waals surface area (Å²) in [7, 11) is 3.38. The van der Waals surface area contributed by atoms with Crippen LogP contribution in [0, 0.1) is 29.6 Å². The SMILES string of the molecule is COCCC(=O)N[C@@H]1C(C)(C)[C@@H]2C[C@@H]3[C@@H](c4ccc(C)cc4OC)OCCC31C2. The number of hydrogen-bond acceptors (Lipinski definition) is 4. The molecule has 2 saturated carbocycles. The summed E-state index contributed by atoms with van der Waals surface area (Å²) in [6, 6.07) is 6.58. The quantitative estimate of drug-likeness (QED) is 0.782. The molecule has 1 aromatic carbocycles. The summed E-state index contributed by atoms with van der Waals surface area (Å²) in [5, 5.41) is 3.43. The fraction of sp³-hybridized carbons (Fsp3) is 0.708. The molecule has 160 valence electrons. The molecule has 0 aromatic heterocycles. The third-order valence-corrected chi connectivity index (χ3v) is 8.04. The second-order valence-electron chi connectivity index (χ2n) is 9.83. The van der Waals surface area contributed by atoms with Crippen molar-refractivity contribution < 1.29 is 19.0 Å². The van der Waals surface area contributed by atoms with Crippen molar-refractivity contribution >= 4 is 5.91 Å². The van der Waals surface area contributed by atoms with Crippen LogP contribution >= 0.6 is 0 Å². The zero-order chi connectivity index (χ0) is 20.8. The first-order valence-corrected chi connectivity index (χ1v) is 10.9. The minimum Gasteiger partial charge on any atom is -0.496 e. The first kappa shape index (κ1) is 20.7. The number of ether oxygens (including phenoxy) is 3. The number of carbonyl (C=O) groups is 1. The standard InChI is InChI=1S/C24H35NO4/c1-15-6-7-17(19(12-15)28-5)21-18-13-16-14-24(18,9-11-29-21)22(23(16,2)3)25-20(26)8-10-27-4/h6-7,12,16,18,21-22H,8-11,13-14H2,1-5H3,(H,25,26)/t16-,18-,21-,22-,24?/m1/s1. The van der Waals surface area contributed by atoms with E-state index in [1.165, 1.54) is 12.0 Å². The highest BCUT2D eigenvalue weighted by Crippen LogP contribution is 2.70. The Labute approximate surface area is 174 Å². The number of amides is 1. The molecule has 1 spiro atoms. The second-order valence-corrected chi connectivity index (χ2v) is 9.83. The van der Waals surface area contributed by atoms with Gasteiger partial charge in [-0.3, -0.25) is 4.79 Å². The molecular formula is C24H35NO4. The normalized spacial score (nSPS) is 34.7. The van der Waals surface area contributed by atoms with Crippen molar-refractivity contribution in [3.63, 3.8) is 0 Å². The number of benzene rings is 1. The summed E-state index contributed by atoms with van der Waals surface area (Å²) in [5.41, 5.74) is 2.53. The van der Waals surface area contributed by atoms with E-state index in [0.29, 0.717) is 24.9 Å². The Morgan fingerprint density at radius 1 is 1.31 bits per heavy atom. The summed E-state index contributed by atoms with van der Waals surface area (Å²) in [6.45, 7) is 7.94. The highest BCUT2D eigenvalue weighted by atomic mass is 16.5. The average Bonchev–Trinajstić information content (AvgIpc) is 3.19. The molecule has 1 aromatic rings. The molecule has 1 heterocycles. The molecule has 1 unspecified atom stereocenters. The van der Waals surface area contributed by atoms with Crippen molar-refractivity contribution in [3.05, 3.63) is 29.3 Å². The molecule has 1 N–H and O–H groups in total. The minimum atomic E-state index is 0.0266. The van der Waals surface area contributed by atoms with Crippen LogP contribution in [0.4, 0.5) is 0 Å². The molecule has 3 fully saturated rings. The molecule has 2 bridgehead atoms. The van der Waals surface area contributed by atoms with E-state index < -0.39 is 0 Å². The van der Waals surface area contributed by atoms with Crippen LogP contribution < -0.4 is 10.1 Å². The fourth-order valence-corrected chi connectivity index (χ4v) is 6.58. The van der Waals surface area contributed by atoms with Crippen LogP contribution in [-0.2, 0) is 14.3 Å². The lowest BCUT2D eigenvalue weighted by Crippen LogP contribution is -2.59. The Balaban J connectivity index is 1.66. The highest BCUT2D eigenvalue weighted by Gasteiger charge is 2.68. The van der Waals surface area contributed by atoms with Gasteiger partial charge in [0.05, 0.1) is 19.8 Å².